The van der Waals surface area contributed by atoms with Gasteiger partial charge in [-0.25, -0.2) is 9.97 Å². The first kappa shape index (κ1) is 19.5. The molecular formula is C29H18N4O2. The molecule has 0 N–H and O–H groups in total. The van der Waals surface area contributed by atoms with Gasteiger partial charge in [0.1, 0.15) is 0 Å². The monoisotopic (exact) mass is 454 g/mol. The highest BCUT2D eigenvalue weighted by Gasteiger charge is 2.25. The first-order valence-electron chi connectivity index (χ1n) is 11.3. The van der Waals surface area contributed by atoms with Crippen molar-refractivity contribution in [3.8, 4) is 34.1 Å². The van der Waals surface area contributed by atoms with Crippen molar-refractivity contribution in [1.82, 2.24) is 15.0 Å². The summed E-state index contributed by atoms with van der Waals surface area (Å²) < 4.78 is 12.0. The van der Waals surface area contributed by atoms with Crippen LogP contribution in [0.4, 0.5) is 17.1 Å². The molecule has 0 amide bonds. The summed E-state index contributed by atoms with van der Waals surface area (Å²) in [6.07, 6.45) is 3.21. The number of aromatic nitrogens is 3. The van der Waals surface area contributed by atoms with Gasteiger partial charge in [0.05, 0.1) is 11.4 Å². The molecule has 0 bridgehead atoms. The molecule has 0 saturated carbocycles. The van der Waals surface area contributed by atoms with Crippen LogP contribution in [0.5, 0.6) is 11.5 Å². The van der Waals surface area contributed by atoms with Crippen molar-refractivity contribution < 1.29 is 9.15 Å². The Balaban J connectivity index is 1.32. The smallest absolute Gasteiger partial charge is 0.266 e. The Hall–Kier alpha value is -4.97. The molecule has 0 fully saturated rings. The number of rotatable bonds is 3. The molecule has 6 nitrogen and oxygen atoms in total. The van der Waals surface area contributed by atoms with Crippen molar-refractivity contribution in [2.24, 2.45) is 0 Å². The van der Waals surface area contributed by atoms with Crippen molar-refractivity contribution in [2.45, 2.75) is 0 Å². The molecule has 166 valence electrons. The lowest BCUT2D eigenvalue weighted by Crippen LogP contribution is -2.15. The summed E-state index contributed by atoms with van der Waals surface area (Å²) in [4.78, 5) is 15.2. The van der Waals surface area contributed by atoms with Crippen LogP contribution in [0.1, 0.15) is 0 Å². The molecule has 1 aliphatic heterocycles. The number of anilines is 3. The van der Waals surface area contributed by atoms with E-state index in [1.165, 1.54) is 0 Å². The van der Waals surface area contributed by atoms with Crippen molar-refractivity contribution in [3.05, 3.63) is 109 Å². The summed E-state index contributed by atoms with van der Waals surface area (Å²) >= 11 is 0. The SMILES string of the molecule is c1cc(-c2cccc(N3c4ccccc4Oc4ccccc43)c2)cc(-c2nc3nccnc3o2)c1. The van der Waals surface area contributed by atoms with Gasteiger partial charge >= 0.3 is 0 Å². The maximum atomic E-state index is 6.16. The van der Waals surface area contributed by atoms with E-state index >= 15 is 0 Å². The standard InChI is InChI=1S/C29H18N4O2/c1-3-13-25-23(11-1)33(24-12-2-4-14-26(24)34-25)22-10-6-8-20(18-22)19-7-5-9-21(17-19)28-32-27-29(35-28)31-16-15-30-27/h1-18H. The van der Waals surface area contributed by atoms with Gasteiger partial charge < -0.3 is 14.1 Å². The van der Waals surface area contributed by atoms with Crippen LogP contribution in [0.25, 0.3) is 33.9 Å². The van der Waals surface area contributed by atoms with Gasteiger partial charge in [0.2, 0.25) is 11.5 Å². The van der Waals surface area contributed by atoms with Gasteiger partial charge in [-0.1, -0.05) is 48.5 Å². The second kappa shape index (κ2) is 7.81. The van der Waals surface area contributed by atoms with Gasteiger partial charge in [-0.05, 0) is 59.7 Å². The molecule has 3 heterocycles. The van der Waals surface area contributed by atoms with Crippen LogP contribution in [0.3, 0.4) is 0 Å². The van der Waals surface area contributed by atoms with Crippen molar-refractivity contribution in [1.29, 1.82) is 0 Å². The van der Waals surface area contributed by atoms with E-state index in [4.69, 9.17) is 9.15 Å². The van der Waals surface area contributed by atoms with E-state index in [1.54, 1.807) is 12.4 Å². The largest absolute Gasteiger partial charge is 0.453 e. The summed E-state index contributed by atoms with van der Waals surface area (Å²) in [6, 6.07) is 32.8. The molecule has 0 spiro atoms. The molecule has 0 aliphatic carbocycles. The second-order valence-electron chi connectivity index (χ2n) is 8.21. The minimum atomic E-state index is 0.430. The van der Waals surface area contributed by atoms with E-state index in [9.17, 15) is 0 Å². The van der Waals surface area contributed by atoms with Gasteiger partial charge in [0.15, 0.2) is 11.5 Å². The number of fused-ring (bicyclic) bond motifs is 3. The molecule has 0 unspecified atom stereocenters. The third-order valence-corrected chi connectivity index (χ3v) is 6.03. The van der Waals surface area contributed by atoms with Crippen LogP contribution in [-0.4, -0.2) is 15.0 Å². The summed E-state index contributed by atoms with van der Waals surface area (Å²) in [5.74, 6) is 2.16. The van der Waals surface area contributed by atoms with E-state index in [1.807, 2.05) is 48.5 Å². The molecule has 7 rings (SSSR count). The summed E-state index contributed by atoms with van der Waals surface area (Å²) in [6.45, 7) is 0. The van der Waals surface area contributed by atoms with Crippen LogP contribution in [0.2, 0.25) is 0 Å². The minimum Gasteiger partial charge on any atom is -0.453 e. The lowest BCUT2D eigenvalue weighted by molar-refractivity contribution is 0.477. The van der Waals surface area contributed by atoms with Crippen molar-refractivity contribution in [2.75, 3.05) is 4.90 Å². The average Bonchev–Trinajstić information content (AvgIpc) is 3.36. The van der Waals surface area contributed by atoms with Crippen LogP contribution in [0.15, 0.2) is 114 Å². The van der Waals surface area contributed by atoms with E-state index in [0.717, 1.165) is 45.3 Å². The lowest BCUT2D eigenvalue weighted by Gasteiger charge is -2.33. The minimum absolute atomic E-state index is 0.430. The zero-order chi connectivity index (χ0) is 23.2. The van der Waals surface area contributed by atoms with Gasteiger partial charge in [0, 0.05) is 23.6 Å². The molecule has 2 aromatic heterocycles. The zero-order valence-corrected chi connectivity index (χ0v) is 18.5. The molecule has 6 heteroatoms. The van der Waals surface area contributed by atoms with Crippen molar-refractivity contribution in [3.63, 3.8) is 0 Å². The lowest BCUT2D eigenvalue weighted by atomic mass is 10.0. The molecule has 35 heavy (non-hydrogen) atoms. The molecular weight excluding hydrogens is 436 g/mol. The number of nitrogens with zero attached hydrogens (tertiary/aromatic N) is 4. The fourth-order valence-electron chi connectivity index (χ4n) is 4.44. The average molecular weight is 454 g/mol. The number of hydrogen-bond donors (Lipinski definition) is 0. The Kier molecular flexibility index (Phi) is 4.35. The van der Waals surface area contributed by atoms with Gasteiger partial charge in [-0.15, -0.1) is 0 Å². The third kappa shape index (κ3) is 3.31. The highest BCUT2D eigenvalue weighted by atomic mass is 16.5. The molecule has 4 aromatic carbocycles. The maximum Gasteiger partial charge on any atom is 0.266 e. The zero-order valence-electron chi connectivity index (χ0n) is 18.5. The Morgan fingerprint density at radius 3 is 2.03 bits per heavy atom. The van der Waals surface area contributed by atoms with E-state index < -0.39 is 0 Å². The maximum absolute atomic E-state index is 6.16. The Morgan fingerprint density at radius 2 is 1.26 bits per heavy atom. The molecule has 0 saturated heterocycles. The Morgan fingerprint density at radius 1 is 0.600 bits per heavy atom. The van der Waals surface area contributed by atoms with Crippen molar-refractivity contribution >= 4 is 28.4 Å². The number of hydrogen-bond acceptors (Lipinski definition) is 6. The fourth-order valence-corrected chi connectivity index (χ4v) is 4.44. The fraction of sp³-hybridized carbons (Fsp3) is 0. The predicted molar refractivity (Wildman–Crippen MR) is 135 cm³/mol. The van der Waals surface area contributed by atoms with Crippen LogP contribution in [-0.2, 0) is 0 Å². The summed E-state index contributed by atoms with van der Waals surface area (Å²) in [7, 11) is 0. The highest BCUT2D eigenvalue weighted by Crippen LogP contribution is 2.50. The van der Waals surface area contributed by atoms with Crippen LogP contribution < -0.4 is 9.64 Å². The first-order valence-corrected chi connectivity index (χ1v) is 11.3. The molecule has 0 radical (unpaired) electrons. The number of oxazole rings is 1. The van der Waals surface area contributed by atoms with Gasteiger partial charge in [0.25, 0.3) is 5.71 Å². The van der Waals surface area contributed by atoms with E-state index in [0.29, 0.717) is 17.3 Å². The second-order valence-corrected chi connectivity index (χ2v) is 8.21. The first-order chi connectivity index (χ1) is 17.3. The number of benzene rings is 4. The third-order valence-electron chi connectivity index (χ3n) is 6.03. The summed E-state index contributed by atoms with van der Waals surface area (Å²) in [5.41, 5.74) is 6.99. The Bertz CT molecular complexity index is 1630. The van der Waals surface area contributed by atoms with Gasteiger partial charge in [-0.3, -0.25) is 0 Å². The topological polar surface area (TPSA) is 64.3 Å². The quantitative estimate of drug-likeness (QED) is 0.275. The molecule has 1 aliphatic rings. The van der Waals surface area contributed by atoms with Crippen LogP contribution >= 0.6 is 0 Å². The molecule has 6 aromatic rings. The van der Waals surface area contributed by atoms with E-state index in [2.05, 4.69) is 68.4 Å². The van der Waals surface area contributed by atoms with Gasteiger partial charge in [-0.2, -0.15) is 4.98 Å². The summed E-state index contributed by atoms with van der Waals surface area (Å²) in [5, 5.41) is 0. The number of para-hydroxylation sites is 4. The Labute approximate surface area is 201 Å². The van der Waals surface area contributed by atoms with E-state index in [-0.39, 0.29) is 0 Å². The predicted octanol–water partition coefficient (Wildman–Crippen LogP) is 7.53. The highest BCUT2D eigenvalue weighted by molar-refractivity contribution is 5.87. The molecule has 0 atom stereocenters. The normalized spacial score (nSPS) is 12.2. The number of ether oxygens (including phenoxy) is 1. The van der Waals surface area contributed by atoms with Crippen LogP contribution in [0, 0.1) is 0 Å².